The van der Waals surface area contributed by atoms with E-state index in [-0.39, 0.29) is 17.4 Å². The Balaban J connectivity index is 2.70. The molecule has 0 saturated carbocycles. The van der Waals surface area contributed by atoms with Gasteiger partial charge in [-0.25, -0.2) is 8.42 Å². The minimum Gasteiger partial charge on any atom is -0.228 e. The molecule has 0 unspecified atom stereocenters. The lowest BCUT2D eigenvalue weighted by molar-refractivity contribution is 0.596. The molecule has 1 aromatic rings. The van der Waals surface area contributed by atoms with Gasteiger partial charge in [-0.3, -0.25) is 0 Å². The molecule has 0 aliphatic carbocycles. The summed E-state index contributed by atoms with van der Waals surface area (Å²) in [5.41, 5.74) is 0.781. The zero-order chi connectivity index (χ0) is 9.73. The van der Waals surface area contributed by atoms with Gasteiger partial charge in [-0.05, 0) is 11.6 Å². The van der Waals surface area contributed by atoms with Crippen molar-refractivity contribution >= 4 is 21.4 Å². The van der Waals surface area contributed by atoms with Gasteiger partial charge in [0.1, 0.15) is 0 Å². The van der Waals surface area contributed by atoms with Crippen molar-refractivity contribution in [2.24, 2.45) is 0 Å². The second-order valence-corrected chi connectivity index (χ2v) is 5.25. The summed E-state index contributed by atoms with van der Waals surface area (Å²) in [7, 11) is -3.03. The fourth-order valence-electron chi connectivity index (χ4n) is 0.961. The van der Waals surface area contributed by atoms with E-state index in [0.717, 1.165) is 5.56 Å². The number of rotatable bonds is 4. The topological polar surface area (TPSA) is 34.1 Å². The number of hydrogen-bond acceptors (Lipinski definition) is 2. The summed E-state index contributed by atoms with van der Waals surface area (Å²) in [6, 6.07) is 9.71. The summed E-state index contributed by atoms with van der Waals surface area (Å²) in [4.78, 5) is 0. The van der Waals surface area contributed by atoms with Crippen LogP contribution in [0.25, 0.3) is 0 Å². The molecule has 0 atom stereocenters. The first-order chi connectivity index (χ1) is 6.14. The molecule has 0 spiro atoms. The fraction of sp³-hybridized carbons (Fsp3) is 0.333. The van der Waals surface area contributed by atoms with Crippen molar-refractivity contribution in [3.05, 3.63) is 35.9 Å². The normalized spacial score (nSPS) is 11.5. The van der Waals surface area contributed by atoms with Crippen LogP contribution in [-0.2, 0) is 15.6 Å². The number of alkyl halides is 1. The van der Waals surface area contributed by atoms with Crippen LogP contribution < -0.4 is 0 Å². The van der Waals surface area contributed by atoms with E-state index >= 15 is 0 Å². The molecular formula is C9H10ClO2S. The Bertz CT molecular complexity index is 345. The second kappa shape index (κ2) is 4.63. The lowest BCUT2D eigenvalue weighted by Crippen LogP contribution is -2.10. The molecule has 1 aromatic carbocycles. The van der Waals surface area contributed by atoms with Crippen LogP contribution in [-0.4, -0.2) is 20.1 Å². The molecule has 0 aliphatic heterocycles. The van der Waals surface area contributed by atoms with Crippen LogP contribution in [0.1, 0.15) is 5.56 Å². The van der Waals surface area contributed by atoms with E-state index in [0.29, 0.717) is 0 Å². The minimum atomic E-state index is -3.03. The van der Waals surface area contributed by atoms with Crippen molar-refractivity contribution < 1.29 is 8.42 Å². The van der Waals surface area contributed by atoms with E-state index in [9.17, 15) is 8.42 Å². The maximum Gasteiger partial charge on any atom is 0.155 e. The molecule has 0 amide bonds. The quantitative estimate of drug-likeness (QED) is 0.719. The summed E-state index contributed by atoms with van der Waals surface area (Å²) < 4.78 is 22.6. The zero-order valence-corrected chi connectivity index (χ0v) is 8.61. The Morgan fingerprint density at radius 1 is 1.31 bits per heavy atom. The van der Waals surface area contributed by atoms with Gasteiger partial charge in [-0.1, -0.05) is 24.3 Å². The third kappa shape index (κ3) is 3.79. The minimum absolute atomic E-state index is 0.0349. The largest absolute Gasteiger partial charge is 0.228 e. The van der Waals surface area contributed by atoms with Gasteiger partial charge in [0.05, 0.1) is 11.5 Å². The van der Waals surface area contributed by atoms with Crippen LogP contribution in [0.15, 0.2) is 24.3 Å². The summed E-state index contributed by atoms with van der Waals surface area (Å²) in [5, 5.41) is 0. The molecular weight excluding hydrogens is 208 g/mol. The van der Waals surface area contributed by atoms with Gasteiger partial charge in [0.2, 0.25) is 0 Å². The highest BCUT2D eigenvalue weighted by atomic mass is 35.5. The number of halogens is 1. The first-order valence-corrected chi connectivity index (χ1v) is 6.21. The molecule has 0 saturated heterocycles. The fourth-order valence-corrected chi connectivity index (χ4v) is 2.75. The van der Waals surface area contributed by atoms with E-state index in [1.165, 1.54) is 0 Å². The highest BCUT2D eigenvalue weighted by Gasteiger charge is 2.10. The van der Waals surface area contributed by atoms with Crippen LogP contribution in [0.5, 0.6) is 0 Å². The Morgan fingerprint density at radius 2 is 1.92 bits per heavy atom. The van der Waals surface area contributed by atoms with E-state index < -0.39 is 9.84 Å². The first-order valence-electron chi connectivity index (χ1n) is 3.85. The summed E-state index contributed by atoms with van der Waals surface area (Å²) in [6.07, 6.45) is 0. The lowest BCUT2D eigenvalue weighted by atomic mass is 10.2. The highest BCUT2D eigenvalue weighted by Crippen LogP contribution is 2.05. The van der Waals surface area contributed by atoms with Gasteiger partial charge >= 0.3 is 0 Å². The zero-order valence-electron chi connectivity index (χ0n) is 7.03. The Hall–Kier alpha value is -0.540. The van der Waals surface area contributed by atoms with Crippen molar-refractivity contribution in [2.75, 3.05) is 11.6 Å². The number of benzene rings is 1. The molecule has 13 heavy (non-hydrogen) atoms. The molecule has 1 radical (unpaired) electrons. The number of sulfone groups is 1. The van der Waals surface area contributed by atoms with Crippen molar-refractivity contribution in [2.45, 2.75) is 5.75 Å². The molecule has 0 heterocycles. The van der Waals surface area contributed by atoms with Crippen molar-refractivity contribution in [3.8, 4) is 0 Å². The van der Waals surface area contributed by atoms with Crippen molar-refractivity contribution in [3.63, 3.8) is 0 Å². The van der Waals surface area contributed by atoms with Crippen LogP contribution >= 0.6 is 11.6 Å². The predicted molar refractivity (Wildman–Crippen MR) is 53.5 cm³/mol. The smallest absolute Gasteiger partial charge is 0.155 e. The molecule has 1 rings (SSSR count). The monoisotopic (exact) mass is 217 g/mol. The van der Waals surface area contributed by atoms with E-state index in [1.807, 2.05) is 0 Å². The Kier molecular flexibility index (Phi) is 3.75. The molecule has 0 aliphatic rings. The molecule has 0 fully saturated rings. The predicted octanol–water partition coefficient (Wildman–Crippen LogP) is 1.64. The first kappa shape index (κ1) is 10.5. The van der Waals surface area contributed by atoms with E-state index in [1.54, 1.807) is 24.3 Å². The molecule has 0 bridgehead atoms. The Morgan fingerprint density at radius 3 is 2.46 bits per heavy atom. The van der Waals surface area contributed by atoms with Crippen LogP contribution in [0.2, 0.25) is 0 Å². The molecule has 4 heteroatoms. The van der Waals surface area contributed by atoms with Crippen molar-refractivity contribution in [1.29, 1.82) is 0 Å². The van der Waals surface area contributed by atoms with Gasteiger partial charge in [0.25, 0.3) is 0 Å². The van der Waals surface area contributed by atoms with Crippen molar-refractivity contribution in [1.82, 2.24) is 0 Å². The van der Waals surface area contributed by atoms with E-state index in [4.69, 9.17) is 11.6 Å². The maximum atomic E-state index is 11.3. The SMILES string of the molecule is O=S(=O)(CCCl)Cc1cc[c]cc1. The third-order valence-corrected chi connectivity index (χ3v) is 3.57. The van der Waals surface area contributed by atoms with Gasteiger partial charge in [-0.15, -0.1) is 11.6 Å². The second-order valence-electron chi connectivity index (χ2n) is 2.69. The molecule has 71 valence electrons. The lowest BCUT2D eigenvalue weighted by Gasteiger charge is -2.01. The maximum absolute atomic E-state index is 11.3. The summed E-state index contributed by atoms with van der Waals surface area (Å²) in [6.45, 7) is 0. The van der Waals surface area contributed by atoms with Crippen LogP contribution in [0.4, 0.5) is 0 Å². The number of hydrogen-bond donors (Lipinski definition) is 0. The van der Waals surface area contributed by atoms with Crippen LogP contribution in [0, 0.1) is 6.07 Å². The third-order valence-electron chi connectivity index (χ3n) is 1.56. The van der Waals surface area contributed by atoms with Gasteiger partial charge in [0, 0.05) is 5.88 Å². The van der Waals surface area contributed by atoms with Gasteiger partial charge in [0.15, 0.2) is 9.84 Å². The van der Waals surface area contributed by atoms with Gasteiger partial charge in [-0.2, -0.15) is 0 Å². The average molecular weight is 218 g/mol. The average Bonchev–Trinajstić information content (AvgIpc) is 2.04. The molecule has 2 nitrogen and oxygen atoms in total. The molecule has 0 aromatic heterocycles. The molecule has 0 N–H and O–H groups in total. The standard InChI is InChI=1S/C9H10ClO2S/c10-6-7-13(11,12)8-9-4-2-1-3-5-9/h2-5H,6-8H2. The highest BCUT2D eigenvalue weighted by molar-refractivity contribution is 7.90. The summed E-state index contributed by atoms with van der Waals surface area (Å²) >= 11 is 5.37. The van der Waals surface area contributed by atoms with Gasteiger partial charge < -0.3 is 0 Å². The van der Waals surface area contributed by atoms with E-state index in [2.05, 4.69) is 6.07 Å². The summed E-state index contributed by atoms with van der Waals surface area (Å²) in [5.74, 6) is 0.253. The van der Waals surface area contributed by atoms with Crippen LogP contribution in [0.3, 0.4) is 0 Å². The Labute approximate surface area is 83.5 Å².